The summed E-state index contributed by atoms with van der Waals surface area (Å²) in [6.45, 7) is 2.75. The van der Waals surface area contributed by atoms with Crippen molar-refractivity contribution in [2.45, 2.75) is 30.1 Å². The molecule has 1 aromatic rings. The second-order valence-corrected chi connectivity index (χ2v) is 7.68. The number of halogens is 3. The number of aromatic nitrogens is 1. The minimum atomic E-state index is -2.04. The first-order valence-electron chi connectivity index (χ1n) is 6.64. The lowest BCUT2D eigenvalue weighted by Crippen LogP contribution is -2.18. The van der Waals surface area contributed by atoms with Gasteiger partial charge in [-0.1, -0.05) is 41.7 Å². The second-order valence-electron chi connectivity index (χ2n) is 5.40. The SMILES string of the molecule is COC(=O)c1cc(C(=O)C(Cl)(Cl)Cl)cn1CC(C)C1CC1. The molecule has 0 amide bonds. The summed E-state index contributed by atoms with van der Waals surface area (Å²) in [5.41, 5.74) is 0.487. The molecule has 2 rings (SSSR count). The van der Waals surface area contributed by atoms with Gasteiger partial charge in [-0.05, 0) is 30.7 Å². The minimum Gasteiger partial charge on any atom is -0.464 e. The minimum absolute atomic E-state index is 0.193. The Hall–Kier alpha value is -0.710. The van der Waals surface area contributed by atoms with Crippen LogP contribution in [0, 0.1) is 11.8 Å². The Morgan fingerprint density at radius 3 is 2.52 bits per heavy atom. The molecule has 0 radical (unpaired) electrons. The van der Waals surface area contributed by atoms with E-state index in [1.54, 1.807) is 10.8 Å². The number of esters is 1. The third-order valence-corrected chi connectivity index (χ3v) is 4.24. The van der Waals surface area contributed by atoms with Gasteiger partial charge in [-0.2, -0.15) is 0 Å². The van der Waals surface area contributed by atoms with Gasteiger partial charge in [-0.15, -0.1) is 0 Å². The Morgan fingerprint density at radius 1 is 1.43 bits per heavy atom. The van der Waals surface area contributed by atoms with Crippen LogP contribution in [0.1, 0.15) is 40.6 Å². The van der Waals surface area contributed by atoms with E-state index in [0.29, 0.717) is 24.1 Å². The summed E-state index contributed by atoms with van der Waals surface area (Å²) in [6, 6.07) is 1.41. The number of rotatable bonds is 5. The van der Waals surface area contributed by atoms with Crippen molar-refractivity contribution < 1.29 is 14.3 Å². The average Bonchev–Trinajstić information content (AvgIpc) is 3.18. The highest BCUT2D eigenvalue weighted by molar-refractivity contribution is 6.77. The van der Waals surface area contributed by atoms with E-state index in [9.17, 15) is 9.59 Å². The van der Waals surface area contributed by atoms with E-state index in [-0.39, 0.29) is 5.56 Å². The summed E-state index contributed by atoms with van der Waals surface area (Å²) < 4.78 is 4.41. The van der Waals surface area contributed by atoms with Crippen LogP contribution < -0.4 is 0 Å². The van der Waals surface area contributed by atoms with E-state index in [0.717, 1.165) is 0 Å². The maximum Gasteiger partial charge on any atom is 0.354 e. The summed E-state index contributed by atoms with van der Waals surface area (Å²) in [5.74, 6) is -0.0846. The lowest BCUT2D eigenvalue weighted by molar-refractivity contribution is 0.0587. The Bertz CT molecular complexity index is 558. The Kier molecular flexibility index (Phi) is 4.91. The van der Waals surface area contributed by atoms with Crippen molar-refractivity contribution in [3.63, 3.8) is 0 Å². The number of methoxy groups -OCH3 is 1. The van der Waals surface area contributed by atoms with Gasteiger partial charge in [0.2, 0.25) is 5.78 Å². The van der Waals surface area contributed by atoms with Crippen LogP contribution in [-0.2, 0) is 11.3 Å². The molecule has 1 atom stereocenters. The van der Waals surface area contributed by atoms with Crippen molar-refractivity contribution in [2.75, 3.05) is 7.11 Å². The molecule has 4 nitrogen and oxygen atoms in total. The van der Waals surface area contributed by atoms with E-state index in [1.807, 2.05) is 0 Å². The average molecular weight is 353 g/mol. The highest BCUT2D eigenvalue weighted by Gasteiger charge is 2.34. The predicted molar refractivity (Wildman–Crippen MR) is 82.3 cm³/mol. The molecule has 1 aliphatic rings. The van der Waals surface area contributed by atoms with Crippen LogP contribution in [0.25, 0.3) is 0 Å². The van der Waals surface area contributed by atoms with Crippen LogP contribution in [-0.4, -0.2) is 27.2 Å². The largest absolute Gasteiger partial charge is 0.464 e. The topological polar surface area (TPSA) is 48.3 Å². The van der Waals surface area contributed by atoms with E-state index in [1.165, 1.54) is 26.0 Å². The van der Waals surface area contributed by atoms with Crippen molar-refractivity contribution in [3.05, 3.63) is 23.5 Å². The molecule has 0 aromatic carbocycles. The molecule has 1 heterocycles. The molecule has 1 aliphatic carbocycles. The Labute approximate surface area is 138 Å². The van der Waals surface area contributed by atoms with E-state index in [4.69, 9.17) is 39.5 Å². The highest BCUT2D eigenvalue weighted by atomic mass is 35.6. The smallest absolute Gasteiger partial charge is 0.354 e. The molecule has 1 unspecified atom stereocenters. The van der Waals surface area contributed by atoms with Crippen LogP contribution in [0.15, 0.2) is 12.3 Å². The molecular weight excluding hydrogens is 337 g/mol. The number of Topliss-reactive ketones (excluding diaryl/α,β-unsaturated/α-hetero) is 1. The van der Waals surface area contributed by atoms with Crippen molar-refractivity contribution in [3.8, 4) is 0 Å². The van der Waals surface area contributed by atoms with Gasteiger partial charge in [-0.3, -0.25) is 4.79 Å². The quantitative estimate of drug-likeness (QED) is 0.459. The number of nitrogens with zero attached hydrogens (tertiary/aromatic N) is 1. The number of hydrogen-bond acceptors (Lipinski definition) is 3. The lowest BCUT2D eigenvalue weighted by atomic mass is 10.1. The molecule has 0 saturated heterocycles. The van der Waals surface area contributed by atoms with Crippen molar-refractivity contribution >= 4 is 46.6 Å². The molecule has 1 aromatic heterocycles. The van der Waals surface area contributed by atoms with Crippen LogP contribution in [0.3, 0.4) is 0 Å². The van der Waals surface area contributed by atoms with Crippen molar-refractivity contribution in [1.82, 2.24) is 4.57 Å². The molecule has 116 valence electrons. The zero-order valence-corrected chi connectivity index (χ0v) is 14.0. The first-order chi connectivity index (χ1) is 9.74. The lowest BCUT2D eigenvalue weighted by Gasteiger charge is -2.13. The summed E-state index contributed by atoms with van der Waals surface area (Å²) >= 11 is 16.8. The van der Waals surface area contributed by atoms with Gasteiger partial charge in [0.15, 0.2) is 0 Å². The molecule has 0 N–H and O–H groups in total. The van der Waals surface area contributed by atoms with Gasteiger partial charge in [0.25, 0.3) is 3.79 Å². The fraction of sp³-hybridized carbons (Fsp3) is 0.571. The normalized spacial score (nSPS) is 16.6. The van der Waals surface area contributed by atoms with Gasteiger partial charge in [0.05, 0.1) is 7.11 Å². The Balaban J connectivity index is 2.30. The van der Waals surface area contributed by atoms with E-state index < -0.39 is 15.5 Å². The summed E-state index contributed by atoms with van der Waals surface area (Å²) in [7, 11) is 1.29. The van der Waals surface area contributed by atoms with Gasteiger partial charge >= 0.3 is 5.97 Å². The van der Waals surface area contributed by atoms with Crippen LogP contribution >= 0.6 is 34.8 Å². The Morgan fingerprint density at radius 2 is 2.05 bits per heavy atom. The number of carbonyl (C=O) groups excluding carboxylic acids is 2. The highest BCUT2D eigenvalue weighted by Crippen LogP contribution is 2.38. The van der Waals surface area contributed by atoms with E-state index >= 15 is 0 Å². The third kappa shape index (κ3) is 3.93. The summed E-state index contributed by atoms with van der Waals surface area (Å²) in [4.78, 5) is 23.8. The molecule has 7 heteroatoms. The zero-order chi connectivity index (χ0) is 15.8. The first-order valence-corrected chi connectivity index (χ1v) is 7.77. The maximum atomic E-state index is 12.0. The van der Waals surface area contributed by atoms with Gasteiger partial charge in [0.1, 0.15) is 5.69 Å². The van der Waals surface area contributed by atoms with E-state index in [2.05, 4.69) is 6.92 Å². The van der Waals surface area contributed by atoms with Crippen molar-refractivity contribution in [2.24, 2.45) is 11.8 Å². The summed E-state index contributed by atoms with van der Waals surface area (Å²) in [6.07, 6.45) is 3.96. The number of hydrogen-bond donors (Lipinski definition) is 0. The molecular formula is C14H16Cl3NO3. The number of carbonyl (C=O) groups is 2. The number of ether oxygens (including phenoxy) is 1. The molecule has 0 bridgehead atoms. The summed E-state index contributed by atoms with van der Waals surface area (Å²) in [5, 5.41) is 0. The second kappa shape index (κ2) is 6.19. The van der Waals surface area contributed by atoms with Gasteiger partial charge in [-0.25, -0.2) is 4.79 Å². The molecule has 0 aliphatic heterocycles. The van der Waals surface area contributed by atoms with Crippen LogP contribution in [0.5, 0.6) is 0 Å². The number of alkyl halides is 3. The van der Waals surface area contributed by atoms with Gasteiger partial charge < -0.3 is 9.30 Å². The number of ketones is 1. The molecule has 0 spiro atoms. The first kappa shape index (κ1) is 16.7. The monoisotopic (exact) mass is 351 g/mol. The molecule has 1 fully saturated rings. The van der Waals surface area contributed by atoms with Crippen molar-refractivity contribution in [1.29, 1.82) is 0 Å². The molecule has 21 heavy (non-hydrogen) atoms. The zero-order valence-electron chi connectivity index (χ0n) is 11.7. The van der Waals surface area contributed by atoms with Crippen LogP contribution in [0.4, 0.5) is 0 Å². The molecule has 1 saturated carbocycles. The maximum absolute atomic E-state index is 12.0. The third-order valence-electron chi connectivity index (χ3n) is 3.72. The van der Waals surface area contributed by atoms with Crippen LogP contribution in [0.2, 0.25) is 0 Å². The standard InChI is InChI=1S/C14H16Cl3NO3/c1-8(9-3-4-9)6-18-7-10(12(19)14(15,16)17)5-11(18)13(20)21-2/h5,7-9H,3-4,6H2,1-2H3. The fourth-order valence-corrected chi connectivity index (χ4v) is 2.68. The fourth-order valence-electron chi connectivity index (χ4n) is 2.35. The predicted octanol–water partition coefficient (Wildman–Crippen LogP) is 3.87. The van der Waals surface area contributed by atoms with Gasteiger partial charge in [0, 0.05) is 18.3 Å².